The van der Waals surface area contributed by atoms with E-state index in [1.807, 2.05) is 36.6 Å². The Morgan fingerprint density at radius 2 is 1.63 bits per heavy atom. The Morgan fingerprint density at radius 1 is 0.976 bits per heavy atom. The number of rotatable bonds is 12. The van der Waals surface area contributed by atoms with Gasteiger partial charge in [0.15, 0.2) is 0 Å². The number of benzene rings is 2. The molecule has 2 aromatic carbocycles. The van der Waals surface area contributed by atoms with Crippen molar-refractivity contribution in [2.45, 2.75) is 96.1 Å². The predicted octanol–water partition coefficient (Wildman–Crippen LogP) is 4.77. The fraction of sp³-hybridized carbons (Fsp3) is 0.588. The van der Waals surface area contributed by atoms with E-state index >= 15 is 0 Å². The first kappa shape index (κ1) is 33.8. The summed E-state index contributed by atoms with van der Waals surface area (Å²) in [4.78, 5) is 25.4. The molecule has 4 N–H and O–H groups in total. The maximum absolute atomic E-state index is 13.5. The molecule has 2 aliphatic carbocycles. The Kier molecular flexibility index (Phi) is 13.8. The van der Waals surface area contributed by atoms with Crippen LogP contribution in [0.25, 0.3) is 11.1 Å². The van der Waals surface area contributed by atoms with Crippen molar-refractivity contribution >= 4 is 23.6 Å². The van der Waals surface area contributed by atoms with Crippen molar-refractivity contribution < 1.29 is 33.6 Å². The molecule has 0 heterocycles. The number of nitrogens with one attached hydrogen (secondary N) is 1. The molecule has 4 rings (SSSR count). The molecule has 0 aromatic heterocycles. The number of carbonyl (C=O) groups excluding carboxylic acids is 1. The molecule has 2 aromatic rings. The fourth-order valence-electron chi connectivity index (χ4n) is 7.04. The maximum Gasteiger partial charge on any atom is 1.00 e. The minimum atomic E-state index is -1.00. The molecule has 0 saturated heterocycles. The second-order valence-corrected chi connectivity index (χ2v) is 13.1. The summed E-state index contributed by atoms with van der Waals surface area (Å²) in [5.41, 5.74) is 11.7. The van der Waals surface area contributed by atoms with Gasteiger partial charge in [0.1, 0.15) is 6.04 Å². The van der Waals surface area contributed by atoms with E-state index in [4.69, 9.17) is 5.73 Å². The third kappa shape index (κ3) is 9.14. The summed E-state index contributed by atoms with van der Waals surface area (Å²) in [7, 11) is 0. The normalized spacial score (nSPS) is 18.6. The van der Waals surface area contributed by atoms with E-state index in [1.165, 1.54) is 70.6 Å². The fourth-order valence-corrected chi connectivity index (χ4v) is 7.52. The third-order valence-corrected chi connectivity index (χ3v) is 10.0. The van der Waals surface area contributed by atoms with E-state index in [1.54, 1.807) is 11.8 Å². The van der Waals surface area contributed by atoms with Crippen molar-refractivity contribution in [3.63, 3.8) is 0 Å². The molecule has 2 saturated carbocycles. The topological polar surface area (TPSA) is 92.4 Å². The number of amides is 1. The molecule has 3 unspecified atom stereocenters. The van der Waals surface area contributed by atoms with Crippen LogP contribution in [-0.4, -0.2) is 35.0 Å². The molecule has 5 nitrogen and oxygen atoms in total. The van der Waals surface area contributed by atoms with Gasteiger partial charge in [0, 0.05) is 11.6 Å². The number of thioether (sulfide) groups is 1. The van der Waals surface area contributed by atoms with E-state index in [-0.39, 0.29) is 30.8 Å². The van der Waals surface area contributed by atoms with Gasteiger partial charge in [0.25, 0.3) is 5.91 Å². The van der Waals surface area contributed by atoms with Gasteiger partial charge in [-0.1, -0.05) is 94.5 Å². The van der Waals surface area contributed by atoms with E-state index < -0.39 is 12.0 Å². The molecule has 41 heavy (non-hydrogen) atoms. The van der Waals surface area contributed by atoms with Crippen LogP contribution in [-0.2, 0) is 4.79 Å². The standard InChI is InChI=1S/C34H48N2O3S.Li/c1-23-11-9-10-16-27(23)30-22-26(17-18-28(30)33(37)36-31(34(38)39)19-20-40-2)32(35)29(25-14-7-4-8-15-25)21-24-12-5-3-6-13-24;/h9-11,16-18,22,24-25,29,31-32H,3-8,12-15,19-21,35H2,1-2H3,(H,36,37)(H,38,39);/q;+1. The third-order valence-electron chi connectivity index (χ3n) is 9.37. The minimum absolute atomic E-state index is 0. The first-order chi connectivity index (χ1) is 19.4. The number of carboxylic acids is 1. The first-order valence-electron chi connectivity index (χ1n) is 15.4. The molecule has 3 atom stereocenters. The van der Waals surface area contributed by atoms with Crippen LogP contribution in [0.3, 0.4) is 0 Å². The van der Waals surface area contributed by atoms with Crippen molar-refractivity contribution in [2.24, 2.45) is 23.5 Å². The first-order valence-corrected chi connectivity index (χ1v) is 16.8. The summed E-state index contributed by atoms with van der Waals surface area (Å²) in [5, 5.41) is 12.5. The quantitative estimate of drug-likeness (QED) is 0.319. The van der Waals surface area contributed by atoms with Crippen molar-refractivity contribution in [2.75, 3.05) is 12.0 Å². The van der Waals surface area contributed by atoms with Gasteiger partial charge in [-0.25, -0.2) is 4.79 Å². The predicted molar refractivity (Wildman–Crippen MR) is 167 cm³/mol. The number of carbonyl (C=O) groups is 2. The van der Waals surface area contributed by atoms with Crippen molar-refractivity contribution in [3.8, 4) is 11.1 Å². The zero-order chi connectivity index (χ0) is 28.5. The van der Waals surface area contributed by atoms with Gasteiger partial charge in [0.05, 0.1) is 0 Å². The monoisotopic (exact) mass is 571 g/mol. The molecule has 7 heteroatoms. The second kappa shape index (κ2) is 16.8. The Bertz CT molecular complexity index is 1130. The Balaban J connectivity index is 0.00000462. The summed E-state index contributed by atoms with van der Waals surface area (Å²) in [6.45, 7) is 2.05. The van der Waals surface area contributed by atoms with Crippen LogP contribution in [0, 0.1) is 24.7 Å². The average molecular weight is 572 g/mol. The van der Waals surface area contributed by atoms with Crippen LogP contribution in [0.5, 0.6) is 0 Å². The van der Waals surface area contributed by atoms with Crippen molar-refractivity contribution in [1.29, 1.82) is 0 Å². The second-order valence-electron chi connectivity index (χ2n) is 12.1. The van der Waals surface area contributed by atoms with Crippen LogP contribution < -0.4 is 29.9 Å². The molecule has 0 aliphatic heterocycles. The zero-order valence-electron chi connectivity index (χ0n) is 25.4. The van der Waals surface area contributed by atoms with E-state index in [2.05, 4.69) is 24.4 Å². The van der Waals surface area contributed by atoms with Gasteiger partial charge >= 0.3 is 24.8 Å². The van der Waals surface area contributed by atoms with Gasteiger partial charge in [-0.3, -0.25) is 4.79 Å². The van der Waals surface area contributed by atoms with E-state index in [0.29, 0.717) is 29.6 Å². The molecule has 2 fully saturated rings. The molecule has 0 spiro atoms. The van der Waals surface area contributed by atoms with Crippen LogP contribution >= 0.6 is 11.8 Å². The van der Waals surface area contributed by atoms with Gasteiger partial charge in [0.2, 0.25) is 0 Å². The number of carboxylic acid groups (broad SMARTS) is 1. The molecule has 0 radical (unpaired) electrons. The number of hydrogen-bond acceptors (Lipinski definition) is 4. The Labute approximate surface area is 263 Å². The summed E-state index contributed by atoms with van der Waals surface area (Å²) in [6, 6.07) is 13.1. The van der Waals surface area contributed by atoms with E-state index in [9.17, 15) is 14.7 Å². The van der Waals surface area contributed by atoms with Crippen molar-refractivity contribution in [3.05, 3.63) is 59.2 Å². The number of aliphatic carboxylic acids is 1. The largest absolute Gasteiger partial charge is 1.00 e. The summed E-state index contributed by atoms with van der Waals surface area (Å²) in [5.74, 6) is 1.18. The minimum Gasteiger partial charge on any atom is -0.480 e. The number of aryl methyl sites for hydroxylation is 1. The maximum atomic E-state index is 13.5. The molecule has 2 aliphatic rings. The number of nitrogens with two attached hydrogens (primary N) is 1. The summed E-state index contributed by atoms with van der Waals surface area (Å²) < 4.78 is 0. The molecule has 0 bridgehead atoms. The SMILES string of the molecule is CSCCC(NC(=O)c1ccc(C(N)C(CC2CCCCC2)C2CCCCC2)cc1-c1ccccc1C)C(=O)O.[Li+]. The van der Waals surface area contributed by atoms with Crippen LogP contribution in [0.2, 0.25) is 0 Å². The van der Waals surface area contributed by atoms with Crippen molar-refractivity contribution in [1.82, 2.24) is 5.32 Å². The Hall–Kier alpha value is -1.71. The van der Waals surface area contributed by atoms with Crippen LogP contribution in [0.4, 0.5) is 0 Å². The molecule has 218 valence electrons. The van der Waals surface area contributed by atoms with Gasteiger partial charge < -0.3 is 16.2 Å². The van der Waals surface area contributed by atoms with Gasteiger partial charge in [-0.15, -0.1) is 0 Å². The van der Waals surface area contributed by atoms with Gasteiger partial charge in [-0.05, 0) is 83.9 Å². The molecular formula is C34H48LiN2O3S+. The number of hydrogen-bond donors (Lipinski definition) is 3. The summed E-state index contributed by atoms with van der Waals surface area (Å²) >= 11 is 1.58. The zero-order valence-corrected chi connectivity index (χ0v) is 26.2. The smallest absolute Gasteiger partial charge is 0.480 e. The van der Waals surface area contributed by atoms with Crippen LogP contribution in [0.15, 0.2) is 42.5 Å². The molecular weight excluding hydrogens is 523 g/mol. The van der Waals surface area contributed by atoms with Gasteiger partial charge in [-0.2, -0.15) is 11.8 Å². The van der Waals surface area contributed by atoms with Crippen LogP contribution in [0.1, 0.15) is 105 Å². The van der Waals surface area contributed by atoms with E-state index in [0.717, 1.165) is 28.2 Å². The summed E-state index contributed by atoms with van der Waals surface area (Å²) in [6.07, 6.45) is 16.7. The average Bonchev–Trinajstić information content (AvgIpc) is 2.98. The molecule has 1 amide bonds. The Morgan fingerprint density at radius 3 is 2.27 bits per heavy atom.